The highest BCUT2D eigenvalue weighted by Gasteiger charge is 2.19. The molecule has 0 fully saturated rings. The molecule has 0 unspecified atom stereocenters. The van der Waals surface area contributed by atoms with Crippen LogP contribution in [0.2, 0.25) is 5.02 Å². The molecule has 0 saturated heterocycles. The minimum atomic E-state index is -3.88. The second-order valence-electron chi connectivity index (χ2n) is 5.91. The van der Waals surface area contributed by atoms with Gasteiger partial charge in [0.2, 0.25) is 10.0 Å². The van der Waals surface area contributed by atoms with Crippen LogP contribution >= 0.6 is 11.6 Å². The number of carbonyl (C=O) groups is 1. The van der Waals surface area contributed by atoms with E-state index in [0.29, 0.717) is 5.56 Å². The van der Waals surface area contributed by atoms with Gasteiger partial charge in [0, 0.05) is 29.9 Å². The van der Waals surface area contributed by atoms with Crippen LogP contribution in [-0.2, 0) is 16.6 Å². The molecule has 0 aliphatic heterocycles. The molecule has 1 aromatic heterocycles. The van der Waals surface area contributed by atoms with Crippen molar-refractivity contribution in [3.05, 3.63) is 74.7 Å². The summed E-state index contributed by atoms with van der Waals surface area (Å²) in [7, 11) is -3.88. The summed E-state index contributed by atoms with van der Waals surface area (Å²) >= 11 is 5.97. The van der Waals surface area contributed by atoms with E-state index in [2.05, 4.69) is 21.6 Å². The fourth-order valence-corrected chi connectivity index (χ4v) is 3.99. The lowest BCUT2D eigenvalue weighted by Gasteiger charge is -2.11. The summed E-state index contributed by atoms with van der Waals surface area (Å²) in [5.74, 6) is -0.522. The van der Waals surface area contributed by atoms with Crippen molar-refractivity contribution >= 4 is 27.5 Å². The Morgan fingerprint density at radius 2 is 2.00 bits per heavy atom. The van der Waals surface area contributed by atoms with Gasteiger partial charge in [0.05, 0.1) is 5.02 Å². The Hall–Kier alpha value is -2.42. The highest BCUT2D eigenvalue weighted by Crippen LogP contribution is 2.22. The van der Waals surface area contributed by atoms with Crippen molar-refractivity contribution < 1.29 is 13.2 Å². The Bertz CT molecular complexity index is 1050. The summed E-state index contributed by atoms with van der Waals surface area (Å²) in [6.45, 7) is 7.04. The van der Waals surface area contributed by atoms with Crippen molar-refractivity contribution in [2.75, 3.05) is 6.54 Å². The average Bonchev–Trinajstić information content (AvgIpc) is 2.59. The molecule has 0 radical (unpaired) electrons. The number of hydrogen-bond acceptors (Lipinski definition) is 4. The van der Waals surface area contributed by atoms with Gasteiger partial charge in [0.1, 0.15) is 4.90 Å². The number of benzene rings is 1. The predicted molar refractivity (Wildman–Crippen MR) is 105 cm³/mol. The second-order valence-corrected chi connectivity index (χ2v) is 8.05. The monoisotopic (exact) mass is 409 g/mol. The van der Waals surface area contributed by atoms with Crippen LogP contribution in [-0.4, -0.2) is 25.9 Å². The highest BCUT2D eigenvalue weighted by molar-refractivity contribution is 7.89. The zero-order chi connectivity index (χ0) is 20.2. The van der Waals surface area contributed by atoms with Gasteiger partial charge in [0.15, 0.2) is 0 Å². The number of pyridine rings is 1. The van der Waals surface area contributed by atoms with E-state index >= 15 is 0 Å². The van der Waals surface area contributed by atoms with Crippen LogP contribution in [0.1, 0.15) is 27.2 Å². The Labute approximate surface area is 162 Å². The number of halogens is 1. The molecule has 1 heterocycles. The lowest BCUT2D eigenvalue weighted by Crippen LogP contribution is -2.28. The van der Waals surface area contributed by atoms with Crippen LogP contribution in [0, 0.1) is 13.8 Å². The summed E-state index contributed by atoms with van der Waals surface area (Å²) in [5, 5.41) is 2.62. The van der Waals surface area contributed by atoms with Gasteiger partial charge >= 0.3 is 0 Å². The molecule has 0 aliphatic carbocycles. The van der Waals surface area contributed by atoms with Crippen molar-refractivity contribution in [2.45, 2.75) is 25.3 Å². The number of nitrogens with one attached hydrogen (secondary N) is 3. The van der Waals surface area contributed by atoms with Crippen LogP contribution < -0.4 is 15.6 Å². The van der Waals surface area contributed by atoms with Crippen molar-refractivity contribution in [3.8, 4) is 0 Å². The molecule has 1 aromatic carbocycles. The maximum atomic E-state index is 12.4. The molecule has 144 valence electrons. The van der Waals surface area contributed by atoms with E-state index in [1.807, 2.05) is 0 Å². The fraction of sp³-hybridized carbons (Fsp3) is 0.222. The largest absolute Gasteiger partial charge is 0.348 e. The minimum absolute atomic E-state index is 0.00562. The standard InChI is InChI=1S/C18H20ClN3O4S/c1-4-7-21-27(25,26)16-9-13(5-6-15(16)19)17(23)20-10-14-11(2)8-12(3)22-18(14)24/h4-6,8-9,21H,1,7,10H2,2-3H3,(H,20,23)(H,22,24). The topological polar surface area (TPSA) is 108 Å². The third-order valence-electron chi connectivity index (χ3n) is 3.82. The molecule has 0 saturated carbocycles. The number of sulfonamides is 1. The first-order valence-electron chi connectivity index (χ1n) is 8.03. The lowest BCUT2D eigenvalue weighted by atomic mass is 10.1. The van der Waals surface area contributed by atoms with Gasteiger partial charge in [-0.15, -0.1) is 6.58 Å². The van der Waals surface area contributed by atoms with E-state index in [1.54, 1.807) is 19.9 Å². The van der Waals surface area contributed by atoms with E-state index in [0.717, 1.165) is 11.3 Å². The third kappa shape index (κ3) is 5.06. The second kappa shape index (κ2) is 8.51. The Balaban J connectivity index is 2.24. The van der Waals surface area contributed by atoms with Crippen molar-refractivity contribution in [3.63, 3.8) is 0 Å². The van der Waals surface area contributed by atoms with Crippen LogP contribution in [0.15, 0.2) is 46.6 Å². The maximum Gasteiger partial charge on any atom is 0.253 e. The number of carbonyl (C=O) groups excluding carboxylic acids is 1. The SMILES string of the molecule is C=CCNS(=O)(=O)c1cc(C(=O)NCc2c(C)cc(C)[nH]c2=O)ccc1Cl. The summed E-state index contributed by atoms with van der Waals surface area (Å²) in [6, 6.07) is 5.75. The summed E-state index contributed by atoms with van der Waals surface area (Å²) < 4.78 is 26.8. The van der Waals surface area contributed by atoms with Gasteiger partial charge < -0.3 is 10.3 Å². The Morgan fingerprint density at radius 3 is 2.63 bits per heavy atom. The molecule has 3 N–H and O–H groups in total. The van der Waals surface area contributed by atoms with Crippen LogP contribution in [0.3, 0.4) is 0 Å². The molecular formula is C18H20ClN3O4S. The minimum Gasteiger partial charge on any atom is -0.348 e. The molecule has 1 amide bonds. The van der Waals surface area contributed by atoms with Crippen molar-refractivity contribution in [1.29, 1.82) is 0 Å². The van der Waals surface area contributed by atoms with E-state index < -0.39 is 15.9 Å². The van der Waals surface area contributed by atoms with Crippen LogP contribution in [0.5, 0.6) is 0 Å². The molecule has 2 rings (SSSR count). The molecule has 0 spiro atoms. The van der Waals surface area contributed by atoms with Gasteiger partial charge in [-0.2, -0.15) is 0 Å². The molecule has 27 heavy (non-hydrogen) atoms. The van der Waals surface area contributed by atoms with Gasteiger partial charge in [-0.1, -0.05) is 17.7 Å². The zero-order valence-corrected chi connectivity index (χ0v) is 16.5. The van der Waals surface area contributed by atoms with E-state index in [-0.39, 0.29) is 34.1 Å². The van der Waals surface area contributed by atoms with Gasteiger partial charge in [-0.3, -0.25) is 9.59 Å². The number of aromatic amines is 1. The molecule has 7 nitrogen and oxygen atoms in total. The Morgan fingerprint density at radius 1 is 1.30 bits per heavy atom. The van der Waals surface area contributed by atoms with E-state index in [4.69, 9.17) is 11.6 Å². The first-order valence-corrected chi connectivity index (χ1v) is 9.89. The zero-order valence-electron chi connectivity index (χ0n) is 14.9. The molecule has 0 atom stereocenters. The van der Waals surface area contributed by atoms with E-state index in [1.165, 1.54) is 24.3 Å². The number of H-pyrrole nitrogens is 1. The number of hydrogen-bond donors (Lipinski definition) is 3. The maximum absolute atomic E-state index is 12.4. The smallest absolute Gasteiger partial charge is 0.253 e. The number of rotatable bonds is 7. The summed E-state index contributed by atoms with van der Waals surface area (Å²) in [6.07, 6.45) is 1.39. The molecule has 0 bridgehead atoms. The lowest BCUT2D eigenvalue weighted by molar-refractivity contribution is 0.0950. The normalized spacial score (nSPS) is 11.2. The Kier molecular flexibility index (Phi) is 6.59. The van der Waals surface area contributed by atoms with Crippen LogP contribution in [0.4, 0.5) is 0 Å². The number of aromatic nitrogens is 1. The number of aryl methyl sites for hydroxylation is 2. The summed E-state index contributed by atoms with van der Waals surface area (Å²) in [5.41, 5.74) is 1.75. The quantitative estimate of drug-likeness (QED) is 0.608. The summed E-state index contributed by atoms with van der Waals surface area (Å²) in [4.78, 5) is 26.9. The first-order chi connectivity index (χ1) is 12.7. The third-order valence-corrected chi connectivity index (χ3v) is 5.73. The predicted octanol–water partition coefficient (Wildman–Crippen LogP) is 2.04. The van der Waals surface area contributed by atoms with E-state index in [9.17, 15) is 18.0 Å². The molecule has 2 aromatic rings. The van der Waals surface area contributed by atoms with Crippen molar-refractivity contribution in [2.24, 2.45) is 0 Å². The average molecular weight is 410 g/mol. The first kappa shape index (κ1) is 20.9. The molecule has 0 aliphatic rings. The number of amides is 1. The fourth-order valence-electron chi connectivity index (χ4n) is 2.47. The van der Waals surface area contributed by atoms with Crippen molar-refractivity contribution in [1.82, 2.24) is 15.0 Å². The molecule has 9 heteroatoms. The van der Waals surface area contributed by atoms with Gasteiger partial charge in [-0.25, -0.2) is 13.1 Å². The highest BCUT2D eigenvalue weighted by atomic mass is 35.5. The van der Waals surface area contributed by atoms with Gasteiger partial charge in [0.25, 0.3) is 11.5 Å². The molecular weight excluding hydrogens is 390 g/mol. The van der Waals surface area contributed by atoms with Gasteiger partial charge in [-0.05, 0) is 43.7 Å². The van der Waals surface area contributed by atoms with Crippen LogP contribution in [0.25, 0.3) is 0 Å².